The maximum Gasteiger partial charge on any atom is 0.277 e. The number of aromatic amines is 1. The van der Waals surface area contributed by atoms with Crippen LogP contribution in [0.15, 0.2) is 58.5 Å². The van der Waals surface area contributed by atoms with Gasteiger partial charge in [0, 0.05) is 27.8 Å². The highest BCUT2D eigenvalue weighted by atomic mass is 35.5. The van der Waals surface area contributed by atoms with Crippen molar-refractivity contribution in [2.45, 2.75) is 24.3 Å². The third kappa shape index (κ3) is 4.09. The second-order valence-electron chi connectivity index (χ2n) is 6.36. The third-order valence-electron chi connectivity index (χ3n) is 4.36. The number of hydrogen-bond acceptors (Lipinski definition) is 4. The molecular formula is C20H16Cl2N4OS. The molecular weight excluding hydrogens is 415 g/mol. The smallest absolute Gasteiger partial charge is 0.267 e. The van der Waals surface area contributed by atoms with Crippen molar-refractivity contribution in [2.75, 3.05) is 0 Å². The molecule has 0 unspecified atom stereocenters. The van der Waals surface area contributed by atoms with Gasteiger partial charge in [0.1, 0.15) is 0 Å². The van der Waals surface area contributed by atoms with Crippen LogP contribution in [-0.2, 0) is 12.2 Å². The predicted octanol–water partition coefficient (Wildman–Crippen LogP) is 4.92. The minimum Gasteiger partial charge on any atom is -0.267 e. The van der Waals surface area contributed by atoms with Gasteiger partial charge in [-0.15, -0.1) is 0 Å². The minimum atomic E-state index is -0.136. The number of H-pyrrole nitrogens is 1. The largest absolute Gasteiger partial charge is 0.277 e. The number of fused-ring (bicyclic) bond motifs is 1. The summed E-state index contributed by atoms with van der Waals surface area (Å²) in [6.45, 7) is 1.84. The van der Waals surface area contributed by atoms with E-state index in [0.717, 1.165) is 11.1 Å². The number of nitrogens with zero attached hydrogens (tertiary/aromatic N) is 3. The molecule has 0 bridgehead atoms. The number of rotatable bonds is 5. The van der Waals surface area contributed by atoms with E-state index in [1.807, 2.05) is 55.5 Å². The molecule has 4 aromatic rings. The first-order valence-corrected chi connectivity index (χ1v) is 10.3. The Bertz CT molecular complexity index is 1180. The summed E-state index contributed by atoms with van der Waals surface area (Å²) in [5, 5.41) is 5.07. The maximum atomic E-state index is 12.9. The van der Waals surface area contributed by atoms with Crippen LogP contribution in [0.4, 0.5) is 0 Å². The fourth-order valence-corrected chi connectivity index (χ4v) is 3.89. The van der Waals surface area contributed by atoms with E-state index in [1.54, 1.807) is 0 Å². The Morgan fingerprint density at radius 3 is 2.21 bits per heavy atom. The van der Waals surface area contributed by atoms with Gasteiger partial charge in [-0.2, -0.15) is 9.50 Å². The topological polar surface area (TPSA) is 63.1 Å². The van der Waals surface area contributed by atoms with Crippen LogP contribution >= 0.6 is 35.0 Å². The van der Waals surface area contributed by atoms with E-state index in [-0.39, 0.29) is 5.56 Å². The first-order valence-electron chi connectivity index (χ1n) is 8.59. The van der Waals surface area contributed by atoms with Crippen LogP contribution in [-0.4, -0.2) is 19.6 Å². The van der Waals surface area contributed by atoms with E-state index in [1.165, 1.54) is 16.3 Å². The molecule has 2 heterocycles. The zero-order valence-electron chi connectivity index (χ0n) is 14.9. The Morgan fingerprint density at radius 1 is 0.964 bits per heavy atom. The first-order chi connectivity index (χ1) is 13.5. The summed E-state index contributed by atoms with van der Waals surface area (Å²) in [6, 6.07) is 15.1. The number of nitrogens with one attached hydrogen (secondary N) is 1. The van der Waals surface area contributed by atoms with Gasteiger partial charge < -0.3 is 0 Å². The molecule has 0 aliphatic carbocycles. The van der Waals surface area contributed by atoms with E-state index < -0.39 is 0 Å². The van der Waals surface area contributed by atoms with Crippen LogP contribution in [0.2, 0.25) is 10.0 Å². The van der Waals surface area contributed by atoms with Gasteiger partial charge in [-0.3, -0.25) is 9.89 Å². The molecule has 0 spiro atoms. The van der Waals surface area contributed by atoms with E-state index >= 15 is 0 Å². The van der Waals surface area contributed by atoms with Crippen molar-refractivity contribution >= 4 is 40.7 Å². The Kier molecular flexibility index (Phi) is 5.44. The summed E-state index contributed by atoms with van der Waals surface area (Å²) in [7, 11) is 0. The lowest BCUT2D eigenvalue weighted by Gasteiger charge is -2.05. The van der Waals surface area contributed by atoms with Crippen LogP contribution in [0.25, 0.3) is 5.78 Å². The lowest BCUT2D eigenvalue weighted by Crippen LogP contribution is -2.22. The Morgan fingerprint density at radius 2 is 1.57 bits per heavy atom. The van der Waals surface area contributed by atoms with E-state index in [4.69, 9.17) is 23.2 Å². The molecule has 0 atom stereocenters. The van der Waals surface area contributed by atoms with Crippen molar-refractivity contribution in [3.63, 3.8) is 0 Å². The molecule has 0 aliphatic heterocycles. The molecule has 2 aromatic carbocycles. The SMILES string of the molecule is Cc1nc2nc(SCc3ccc(Cl)cc3)[nH]n2c(=O)c1Cc1ccc(Cl)cc1. The number of halogens is 2. The molecule has 8 heteroatoms. The summed E-state index contributed by atoms with van der Waals surface area (Å²) in [5.41, 5.74) is 3.31. The van der Waals surface area contributed by atoms with Gasteiger partial charge in [0.15, 0.2) is 5.16 Å². The summed E-state index contributed by atoms with van der Waals surface area (Å²) < 4.78 is 1.41. The molecule has 0 saturated carbocycles. The van der Waals surface area contributed by atoms with Crippen LogP contribution in [0.3, 0.4) is 0 Å². The standard InChI is InChI=1S/C20H16Cl2N4OS/c1-12-17(10-13-2-6-15(21)7-3-13)18(27)26-19(23-12)24-20(25-26)28-11-14-4-8-16(22)9-5-14/h2-9H,10-11H2,1H3,(H,23,24,25). The van der Waals surface area contributed by atoms with E-state index in [2.05, 4.69) is 15.1 Å². The Hall–Kier alpha value is -2.28. The normalized spacial score (nSPS) is 11.2. The van der Waals surface area contributed by atoms with E-state index in [9.17, 15) is 4.79 Å². The van der Waals surface area contributed by atoms with Crippen molar-refractivity contribution in [2.24, 2.45) is 0 Å². The number of hydrogen-bond donors (Lipinski definition) is 1. The number of benzene rings is 2. The molecule has 0 aliphatic rings. The predicted molar refractivity (Wildman–Crippen MR) is 114 cm³/mol. The maximum absolute atomic E-state index is 12.9. The van der Waals surface area contributed by atoms with Gasteiger partial charge in [0.05, 0.1) is 5.69 Å². The molecule has 0 fully saturated rings. The average molecular weight is 431 g/mol. The molecule has 2 aromatic heterocycles. The first kappa shape index (κ1) is 19.1. The van der Waals surface area contributed by atoms with Gasteiger partial charge in [0.2, 0.25) is 0 Å². The van der Waals surface area contributed by atoms with Gasteiger partial charge in [0.25, 0.3) is 11.3 Å². The molecule has 0 saturated heterocycles. The van der Waals surface area contributed by atoms with Gasteiger partial charge in [-0.05, 0) is 42.3 Å². The van der Waals surface area contributed by atoms with Gasteiger partial charge >= 0.3 is 0 Å². The monoisotopic (exact) mass is 430 g/mol. The number of aryl methyl sites for hydroxylation is 1. The van der Waals surface area contributed by atoms with Crippen LogP contribution < -0.4 is 5.56 Å². The molecule has 1 N–H and O–H groups in total. The van der Waals surface area contributed by atoms with Crippen molar-refractivity contribution in [3.8, 4) is 0 Å². The van der Waals surface area contributed by atoms with Crippen LogP contribution in [0.1, 0.15) is 22.4 Å². The summed E-state index contributed by atoms with van der Waals surface area (Å²) >= 11 is 13.4. The van der Waals surface area contributed by atoms with Crippen LogP contribution in [0, 0.1) is 6.92 Å². The zero-order valence-corrected chi connectivity index (χ0v) is 17.3. The molecule has 0 amide bonds. The van der Waals surface area contributed by atoms with Gasteiger partial charge in [-0.1, -0.05) is 59.2 Å². The number of thioether (sulfide) groups is 1. The lowest BCUT2D eigenvalue weighted by molar-refractivity contribution is 0.825. The fourth-order valence-electron chi connectivity index (χ4n) is 2.84. The second kappa shape index (κ2) is 7.99. The highest BCUT2D eigenvalue weighted by molar-refractivity contribution is 7.98. The van der Waals surface area contributed by atoms with Crippen molar-refractivity contribution < 1.29 is 0 Å². The highest BCUT2D eigenvalue weighted by Gasteiger charge is 2.14. The lowest BCUT2D eigenvalue weighted by atomic mass is 10.1. The Labute approximate surface area is 175 Å². The summed E-state index contributed by atoms with van der Waals surface area (Å²) in [5.74, 6) is 1.09. The average Bonchev–Trinajstić information content (AvgIpc) is 3.09. The summed E-state index contributed by atoms with van der Waals surface area (Å²) in [6.07, 6.45) is 0.490. The van der Waals surface area contributed by atoms with Crippen molar-refractivity contribution in [1.29, 1.82) is 0 Å². The zero-order chi connectivity index (χ0) is 19.7. The second-order valence-corrected chi connectivity index (χ2v) is 8.20. The molecule has 4 rings (SSSR count). The number of aromatic nitrogens is 4. The molecule has 5 nitrogen and oxygen atoms in total. The molecule has 0 radical (unpaired) electrons. The van der Waals surface area contributed by atoms with Gasteiger partial charge in [-0.25, -0.2) is 4.98 Å². The fraction of sp³-hybridized carbons (Fsp3) is 0.150. The summed E-state index contributed by atoms with van der Waals surface area (Å²) in [4.78, 5) is 21.9. The van der Waals surface area contributed by atoms with Crippen molar-refractivity contribution in [1.82, 2.24) is 19.6 Å². The van der Waals surface area contributed by atoms with E-state index in [0.29, 0.717) is 44.4 Å². The quantitative estimate of drug-likeness (QED) is 0.456. The highest BCUT2D eigenvalue weighted by Crippen LogP contribution is 2.21. The minimum absolute atomic E-state index is 0.136. The van der Waals surface area contributed by atoms with Crippen LogP contribution in [0.5, 0.6) is 0 Å². The molecule has 142 valence electrons. The van der Waals surface area contributed by atoms with Crippen molar-refractivity contribution in [3.05, 3.63) is 91.3 Å². The molecule has 28 heavy (non-hydrogen) atoms. The Balaban J connectivity index is 1.60. The third-order valence-corrected chi connectivity index (χ3v) is 5.80.